The SMILES string of the molecule is O=C(NOCC1CC1)c1cc2nc(-c3cccc4[nH]ncc34)nc(N3CCOCC3)c2s1. The van der Waals surface area contributed by atoms with Gasteiger partial charge < -0.3 is 9.64 Å². The molecule has 0 unspecified atom stereocenters. The fourth-order valence-electron chi connectivity index (χ4n) is 3.86. The second-order valence-corrected chi connectivity index (χ2v) is 9.17. The van der Waals surface area contributed by atoms with Crippen LogP contribution in [0.25, 0.3) is 32.5 Å². The smallest absolute Gasteiger partial charge is 0.284 e. The van der Waals surface area contributed by atoms with Crippen molar-refractivity contribution in [1.29, 1.82) is 0 Å². The molecule has 2 fully saturated rings. The molecule has 0 spiro atoms. The van der Waals surface area contributed by atoms with Gasteiger partial charge >= 0.3 is 0 Å². The summed E-state index contributed by atoms with van der Waals surface area (Å²) >= 11 is 1.39. The number of benzene rings is 1. The number of hydrogen-bond donors (Lipinski definition) is 2. The van der Waals surface area contributed by atoms with Gasteiger partial charge in [0.25, 0.3) is 5.91 Å². The molecular formula is C22H22N6O3S. The first-order valence-electron chi connectivity index (χ1n) is 10.7. The van der Waals surface area contributed by atoms with Crippen LogP contribution in [0.3, 0.4) is 0 Å². The van der Waals surface area contributed by atoms with E-state index in [2.05, 4.69) is 20.6 Å². The highest BCUT2D eigenvalue weighted by Crippen LogP contribution is 2.36. The van der Waals surface area contributed by atoms with Crippen molar-refractivity contribution in [2.24, 2.45) is 5.92 Å². The van der Waals surface area contributed by atoms with Crippen LogP contribution in [0.5, 0.6) is 0 Å². The molecule has 1 aliphatic carbocycles. The van der Waals surface area contributed by atoms with E-state index in [-0.39, 0.29) is 5.91 Å². The van der Waals surface area contributed by atoms with Gasteiger partial charge in [0.15, 0.2) is 11.6 Å². The molecule has 4 aromatic rings. The maximum atomic E-state index is 12.7. The Bertz CT molecular complexity index is 1290. The van der Waals surface area contributed by atoms with Crippen LogP contribution in [0.1, 0.15) is 22.5 Å². The van der Waals surface area contributed by atoms with E-state index in [0.717, 1.165) is 45.6 Å². The van der Waals surface area contributed by atoms with Crippen LogP contribution in [0.4, 0.5) is 5.82 Å². The predicted molar refractivity (Wildman–Crippen MR) is 122 cm³/mol. The van der Waals surface area contributed by atoms with Crippen LogP contribution in [0.2, 0.25) is 0 Å². The minimum Gasteiger partial charge on any atom is -0.378 e. The first-order valence-corrected chi connectivity index (χ1v) is 11.6. The van der Waals surface area contributed by atoms with Crippen LogP contribution < -0.4 is 10.4 Å². The van der Waals surface area contributed by atoms with Gasteiger partial charge in [-0.3, -0.25) is 14.7 Å². The van der Waals surface area contributed by atoms with Gasteiger partial charge in [0, 0.05) is 24.0 Å². The van der Waals surface area contributed by atoms with Gasteiger partial charge in [-0.25, -0.2) is 15.4 Å². The van der Waals surface area contributed by atoms with Gasteiger partial charge in [-0.15, -0.1) is 11.3 Å². The molecule has 10 heteroatoms. The number of anilines is 1. The summed E-state index contributed by atoms with van der Waals surface area (Å²) in [4.78, 5) is 30.6. The summed E-state index contributed by atoms with van der Waals surface area (Å²) < 4.78 is 6.42. The minimum absolute atomic E-state index is 0.250. The van der Waals surface area contributed by atoms with Crippen molar-refractivity contribution in [2.45, 2.75) is 12.8 Å². The van der Waals surface area contributed by atoms with Crippen molar-refractivity contribution in [1.82, 2.24) is 25.6 Å². The molecule has 164 valence electrons. The van der Waals surface area contributed by atoms with Gasteiger partial charge in [-0.05, 0) is 30.9 Å². The van der Waals surface area contributed by atoms with Gasteiger partial charge in [0.2, 0.25) is 0 Å². The Morgan fingerprint density at radius 1 is 1.28 bits per heavy atom. The predicted octanol–water partition coefficient (Wildman–Crippen LogP) is 3.14. The van der Waals surface area contributed by atoms with E-state index in [4.69, 9.17) is 19.5 Å². The molecule has 2 N–H and O–H groups in total. The lowest BCUT2D eigenvalue weighted by Gasteiger charge is -2.28. The molecule has 0 radical (unpaired) electrons. The summed E-state index contributed by atoms with van der Waals surface area (Å²) in [5, 5.41) is 8.12. The first kappa shape index (κ1) is 19.6. The standard InChI is InChI=1S/C22H22N6O3S/c29-22(27-31-12-13-4-5-13)18-10-17-19(32-18)21(28-6-8-30-9-7-28)25-20(24-17)14-2-1-3-16-15(14)11-23-26-16/h1-3,10-11,13H,4-9,12H2,(H,23,26)(H,27,29). The van der Waals surface area contributed by atoms with Gasteiger partial charge in [0.05, 0.1) is 46.6 Å². The molecule has 1 aliphatic heterocycles. The molecule has 0 bridgehead atoms. The third-order valence-electron chi connectivity index (χ3n) is 5.79. The number of rotatable bonds is 6. The van der Waals surface area contributed by atoms with Crippen LogP contribution in [-0.4, -0.2) is 59.0 Å². The molecule has 2 aliphatic rings. The molecule has 32 heavy (non-hydrogen) atoms. The number of thiophene rings is 1. The van der Waals surface area contributed by atoms with E-state index in [1.54, 1.807) is 6.20 Å². The van der Waals surface area contributed by atoms with Crippen LogP contribution in [-0.2, 0) is 9.57 Å². The largest absolute Gasteiger partial charge is 0.378 e. The van der Waals surface area contributed by atoms with Crippen LogP contribution >= 0.6 is 11.3 Å². The van der Waals surface area contributed by atoms with Crippen molar-refractivity contribution >= 4 is 44.2 Å². The lowest BCUT2D eigenvalue weighted by molar-refractivity contribution is 0.0274. The zero-order valence-electron chi connectivity index (χ0n) is 17.3. The first-order chi connectivity index (χ1) is 15.8. The fraction of sp³-hybridized carbons (Fsp3) is 0.364. The average Bonchev–Trinajstić information content (AvgIpc) is 3.34. The molecular weight excluding hydrogens is 428 g/mol. The molecule has 0 atom stereocenters. The maximum absolute atomic E-state index is 12.7. The molecule has 3 aromatic heterocycles. The van der Waals surface area contributed by atoms with Gasteiger partial charge in [0.1, 0.15) is 0 Å². The van der Waals surface area contributed by atoms with Crippen molar-refractivity contribution < 1.29 is 14.4 Å². The number of hydrogen-bond acceptors (Lipinski definition) is 8. The quantitative estimate of drug-likeness (QED) is 0.435. The number of H-pyrrole nitrogens is 1. The second-order valence-electron chi connectivity index (χ2n) is 8.12. The monoisotopic (exact) mass is 450 g/mol. The summed E-state index contributed by atoms with van der Waals surface area (Å²) in [7, 11) is 0. The van der Waals surface area contributed by atoms with Gasteiger partial charge in [-0.2, -0.15) is 5.10 Å². The van der Waals surface area contributed by atoms with Crippen molar-refractivity contribution in [3.8, 4) is 11.4 Å². The number of hydroxylamine groups is 1. The van der Waals surface area contributed by atoms with Crippen molar-refractivity contribution in [3.63, 3.8) is 0 Å². The molecule has 1 saturated carbocycles. The number of fused-ring (bicyclic) bond motifs is 2. The number of nitrogens with one attached hydrogen (secondary N) is 2. The van der Waals surface area contributed by atoms with E-state index < -0.39 is 0 Å². The molecule has 9 nitrogen and oxygen atoms in total. The third-order valence-corrected chi connectivity index (χ3v) is 6.91. The van der Waals surface area contributed by atoms with E-state index >= 15 is 0 Å². The average molecular weight is 451 g/mol. The summed E-state index contributed by atoms with van der Waals surface area (Å²) in [6.07, 6.45) is 4.13. The normalized spacial score (nSPS) is 16.7. The summed E-state index contributed by atoms with van der Waals surface area (Å²) in [5.41, 5.74) is 5.15. The van der Waals surface area contributed by atoms with Crippen LogP contribution in [0, 0.1) is 5.92 Å². The number of carbonyl (C=O) groups is 1. The Hall–Kier alpha value is -3.08. The number of aromatic amines is 1. The van der Waals surface area contributed by atoms with E-state index in [0.29, 0.717) is 36.4 Å². The van der Waals surface area contributed by atoms with E-state index in [9.17, 15) is 4.79 Å². The number of carbonyl (C=O) groups excluding carboxylic acids is 1. The Morgan fingerprint density at radius 2 is 2.16 bits per heavy atom. The topological polar surface area (TPSA) is 105 Å². The fourth-order valence-corrected chi connectivity index (χ4v) is 4.86. The number of ether oxygens (including phenoxy) is 1. The lowest BCUT2D eigenvalue weighted by Crippen LogP contribution is -2.36. The van der Waals surface area contributed by atoms with E-state index in [1.807, 2.05) is 24.3 Å². The summed E-state index contributed by atoms with van der Waals surface area (Å²) in [5.74, 6) is 1.77. The summed E-state index contributed by atoms with van der Waals surface area (Å²) in [6.45, 7) is 3.34. The number of morpholine rings is 1. The minimum atomic E-state index is -0.250. The number of aromatic nitrogens is 4. The molecule has 1 saturated heterocycles. The third kappa shape index (κ3) is 3.70. The second kappa shape index (κ2) is 8.12. The Labute approximate surface area is 187 Å². The lowest BCUT2D eigenvalue weighted by atomic mass is 10.1. The van der Waals surface area contributed by atoms with Gasteiger partial charge in [-0.1, -0.05) is 12.1 Å². The Balaban J connectivity index is 1.42. The Morgan fingerprint density at radius 3 is 3.00 bits per heavy atom. The zero-order chi connectivity index (χ0) is 21.5. The van der Waals surface area contributed by atoms with Crippen molar-refractivity contribution in [3.05, 3.63) is 35.3 Å². The number of nitrogens with zero attached hydrogens (tertiary/aromatic N) is 4. The van der Waals surface area contributed by atoms with Crippen LogP contribution in [0.15, 0.2) is 30.5 Å². The maximum Gasteiger partial charge on any atom is 0.284 e. The molecule has 1 amide bonds. The zero-order valence-corrected chi connectivity index (χ0v) is 18.2. The number of amides is 1. The molecule has 1 aromatic carbocycles. The highest BCUT2D eigenvalue weighted by molar-refractivity contribution is 7.21. The van der Waals surface area contributed by atoms with E-state index in [1.165, 1.54) is 24.2 Å². The Kier molecular flexibility index (Phi) is 4.97. The highest BCUT2D eigenvalue weighted by Gasteiger charge is 2.24. The van der Waals surface area contributed by atoms with Crippen molar-refractivity contribution in [2.75, 3.05) is 37.8 Å². The molecule has 6 rings (SSSR count). The highest BCUT2D eigenvalue weighted by atomic mass is 32.1. The molecule has 4 heterocycles. The summed E-state index contributed by atoms with van der Waals surface area (Å²) in [6, 6.07) is 7.75.